The monoisotopic (exact) mass is 388 g/mol. The standard InChI is InChI=1S/C21H17ClN6/c22-14-1-3-17-16(11-14)20(28-27-17)21-25-18-4-2-15(12-19(18)26-21)24-10-7-13-5-8-23-9-6-13/h1-6,8-9,11-12,24H,7,10H2,(H,25,26)(H,27,28). The van der Waals surface area contributed by atoms with Crippen molar-refractivity contribution in [2.24, 2.45) is 0 Å². The first-order valence-corrected chi connectivity index (χ1v) is 9.40. The molecule has 2 aromatic carbocycles. The van der Waals surface area contributed by atoms with E-state index in [0.29, 0.717) is 5.02 Å². The molecule has 0 saturated carbocycles. The molecule has 0 aliphatic heterocycles. The average molecular weight is 389 g/mol. The van der Waals surface area contributed by atoms with Gasteiger partial charge in [-0.2, -0.15) is 5.10 Å². The van der Waals surface area contributed by atoms with Crippen molar-refractivity contribution in [2.75, 3.05) is 11.9 Å². The summed E-state index contributed by atoms with van der Waals surface area (Å²) in [6.07, 6.45) is 4.58. The molecule has 0 fully saturated rings. The summed E-state index contributed by atoms with van der Waals surface area (Å²) in [7, 11) is 0. The van der Waals surface area contributed by atoms with Crippen molar-refractivity contribution in [3.63, 3.8) is 0 Å². The number of hydrogen-bond acceptors (Lipinski definition) is 4. The Morgan fingerprint density at radius 2 is 1.86 bits per heavy atom. The number of nitrogens with one attached hydrogen (secondary N) is 3. The van der Waals surface area contributed by atoms with Crippen LogP contribution in [0.2, 0.25) is 5.02 Å². The minimum Gasteiger partial charge on any atom is -0.385 e. The number of H-pyrrole nitrogens is 2. The summed E-state index contributed by atoms with van der Waals surface area (Å²) in [5, 5.41) is 12.5. The van der Waals surface area contributed by atoms with Gasteiger partial charge in [0.15, 0.2) is 5.82 Å². The van der Waals surface area contributed by atoms with Crippen molar-refractivity contribution in [3.05, 3.63) is 71.5 Å². The molecule has 3 N–H and O–H groups in total. The number of anilines is 1. The fourth-order valence-corrected chi connectivity index (χ4v) is 3.47. The van der Waals surface area contributed by atoms with Gasteiger partial charge >= 0.3 is 0 Å². The SMILES string of the molecule is Clc1ccc2[nH]nc(-c3nc4ccc(NCCc5ccncc5)cc4[nH]3)c2c1. The van der Waals surface area contributed by atoms with E-state index in [9.17, 15) is 0 Å². The maximum atomic E-state index is 6.14. The first-order valence-electron chi connectivity index (χ1n) is 9.03. The second-order valence-electron chi connectivity index (χ2n) is 6.61. The second kappa shape index (κ2) is 6.98. The molecule has 0 bridgehead atoms. The number of fused-ring (bicyclic) bond motifs is 2. The lowest BCUT2D eigenvalue weighted by molar-refractivity contribution is 1.01. The van der Waals surface area contributed by atoms with Crippen molar-refractivity contribution in [1.82, 2.24) is 25.1 Å². The van der Waals surface area contributed by atoms with E-state index in [0.717, 1.165) is 52.1 Å². The highest BCUT2D eigenvalue weighted by Crippen LogP contribution is 2.28. The van der Waals surface area contributed by atoms with Crippen molar-refractivity contribution in [3.8, 4) is 11.5 Å². The maximum absolute atomic E-state index is 6.14. The predicted molar refractivity (Wildman–Crippen MR) is 113 cm³/mol. The topological polar surface area (TPSA) is 82.3 Å². The van der Waals surface area contributed by atoms with Crippen LogP contribution in [0.4, 0.5) is 5.69 Å². The maximum Gasteiger partial charge on any atom is 0.159 e. The molecule has 5 aromatic rings. The summed E-state index contributed by atoms with van der Waals surface area (Å²) in [5.41, 5.74) is 5.86. The zero-order chi connectivity index (χ0) is 18.9. The number of nitrogens with zero attached hydrogens (tertiary/aromatic N) is 3. The molecule has 5 rings (SSSR count). The first-order chi connectivity index (χ1) is 13.8. The fourth-order valence-electron chi connectivity index (χ4n) is 3.30. The molecule has 0 amide bonds. The van der Waals surface area contributed by atoms with Crippen LogP contribution < -0.4 is 5.32 Å². The number of aromatic nitrogens is 5. The lowest BCUT2D eigenvalue weighted by Gasteiger charge is -2.06. The molecule has 0 saturated heterocycles. The molecular formula is C21H17ClN6. The van der Waals surface area contributed by atoms with Gasteiger partial charge in [0.2, 0.25) is 0 Å². The quantitative estimate of drug-likeness (QED) is 0.403. The minimum atomic E-state index is 0.673. The van der Waals surface area contributed by atoms with Gasteiger partial charge in [-0.05, 0) is 60.5 Å². The Morgan fingerprint density at radius 3 is 2.75 bits per heavy atom. The minimum absolute atomic E-state index is 0.673. The highest BCUT2D eigenvalue weighted by atomic mass is 35.5. The second-order valence-corrected chi connectivity index (χ2v) is 7.05. The van der Waals surface area contributed by atoms with Gasteiger partial charge in [-0.15, -0.1) is 0 Å². The molecule has 0 spiro atoms. The van der Waals surface area contributed by atoms with Crippen LogP contribution in [0.1, 0.15) is 5.56 Å². The lowest BCUT2D eigenvalue weighted by atomic mass is 10.2. The van der Waals surface area contributed by atoms with Crippen molar-refractivity contribution in [1.29, 1.82) is 0 Å². The van der Waals surface area contributed by atoms with Crippen LogP contribution in [0.25, 0.3) is 33.5 Å². The van der Waals surface area contributed by atoms with E-state index < -0.39 is 0 Å². The van der Waals surface area contributed by atoms with E-state index in [4.69, 9.17) is 11.6 Å². The Hall–Kier alpha value is -3.38. The Balaban J connectivity index is 1.39. The number of aromatic amines is 2. The zero-order valence-corrected chi connectivity index (χ0v) is 15.7. The normalized spacial score (nSPS) is 11.3. The average Bonchev–Trinajstić information content (AvgIpc) is 3.31. The molecule has 0 unspecified atom stereocenters. The van der Waals surface area contributed by atoms with Crippen molar-refractivity contribution < 1.29 is 0 Å². The third kappa shape index (κ3) is 3.18. The van der Waals surface area contributed by atoms with Gasteiger partial charge in [0.1, 0.15) is 5.69 Å². The molecule has 0 aliphatic rings. The third-order valence-corrected chi connectivity index (χ3v) is 4.96. The highest BCUT2D eigenvalue weighted by molar-refractivity contribution is 6.31. The Kier molecular flexibility index (Phi) is 4.18. The van der Waals surface area contributed by atoms with E-state index in [1.807, 2.05) is 54.9 Å². The van der Waals surface area contributed by atoms with Crippen LogP contribution in [0.15, 0.2) is 60.9 Å². The van der Waals surface area contributed by atoms with Crippen LogP contribution in [0.5, 0.6) is 0 Å². The van der Waals surface area contributed by atoms with E-state index >= 15 is 0 Å². The summed E-state index contributed by atoms with van der Waals surface area (Å²) in [6.45, 7) is 0.846. The van der Waals surface area contributed by atoms with Crippen LogP contribution in [0, 0.1) is 0 Å². The first kappa shape index (κ1) is 16.8. The smallest absolute Gasteiger partial charge is 0.159 e. The van der Waals surface area contributed by atoms with Gasteiger partial charge in [0.25, 0.3) is 0 Å². The van der Waals surface area contributed by atoms with Gasteiger partial charge in [-0.1, -0.05) is 11.6 Å². The Bertz CT molecular complexity index is 1260. The number of halogens is 1. The predicted octanol–water partition coefficient (Wildman–Crippen LogP) is 4.81. The molecule has 7 heteroatoms. The zero-order valence-electron chi connectivity index (χ0n) is 14.9. The van der Waals surface area contributed by atoms with Gasteiger partial charge < -0.3 is 10.3 Å². The van der Waals surface area contributed by atoms with E-state index in [2.05, 4.69) is 36.5 Å². The van der Waals surface area contributed by atoms with Crippen molar-refractivity contribution in [2.45, 2.75) is 6.42 Å². The molecular weight excluding hydrogens is 372 g/mol. The van der Waals surface area contributed by atoms with E-state index in [-0.39, 0.29) is 0 Å². The largest absolute Gasteiger partial charge is 0.385 e. The highest BCUT2D eigenvalue weighted by Gasteiger charge is 2.13. The fraction of sp³-hybridized carbons (Fsp3) is 0.0952. The van der Waals surface area contributed by atoms with Crippen LogP contribution in [-0.2, 0) is 6.42 Å². The van der Waals surface area contributed by atoms with Gasteiger partial charge in [0.05, 0.1) is 16.6 Å². The van der Waals surface area contributed by atoms with Crippen LogP contribution in [0.3, 0.4) is 0 Å². The number of imidazole rings is 1. The lowest BCUT2D eigenvalue weighted by Crippen LogP contribution is -2.04. The molecule has 0 atom stereocenters. The summed E-state index contributed by atoms with van der Waals surface area (Å²) >= 11 is 6.14. The van der Waals surface area contributed by atoms with Gasteiger partial charge in [-0.3, -0.25) is 10.1 Å². The molecule has 28 heavy (non-hydrogen) atoms. The molecule has 3 heterocycles. The number of rotatable bonds is 5. The summed E-state index contributed by atoms with van der Waals surface area (Å²) < 4.78 is 0. The molecule has 3 aromatic heterocycles. The number of hydrogen-bond donors (Lipinski definition) is 3. The summed E-state index contributed by atoms with van der Waals surface area (Å²) in [5.74, 6) is 0.720. The number of benzene rings is 2. The van der Waals surface area contributed by atoms with Crippen molar-refractivity contribution >= 4 is 39.2 Å². The van der Waals surface area contributed by atoms with Crippen LogP contribution >= 0.6 is 11.6 Å². The number of pyridine rings is 1. The summed E-state index contributed by atoms with van der Waals surface area (Å²) in [6, 6.07) is 15.8. The van der Waals surface area contributed by atoms with Gasteiger partial charge in [0, 0.05) is 35.0 Å². The molecule has 6 nitrogen and oxygen atoms in total. The third-order valence-electron chi connectivity index (χ3n) is 4.72. The van der Waals surface area contributed by atoms with Gasteiger partial charge in [-0.25, -0.2) is 4.98 Å². The molecule has 138 valence electrons. The van der Waals surface area contributed by atoms with E-state index in [1.54, 1.807) is 0 Å². The summed E-state index contributed by atoms with van der Waals surface area (Å²) in [4.78, 5) is 12.1. The Labute approximate surface area is 166 Å². The Morgan fingerprint density at radius 1 is 0.964 bits per heavy atom. The molecule has 0 radical (unpaired) electrons. The van der Waals surface area contributed by atoms with Crippen LogP contribution in [-0.4, -0.2) is 31.7 Å². The van der Waals surface area contributed by atoms with E-state index in [1.165, 1.54) is 5.56 Å². The molecule has 0 aliphatic carbocycles.